The number of aliphatic carboxylic acids is 1. The molecule has 0 bridgehead atoms. The third kappa shape index (κ3) is 2.53. The van der Waals surface area contributed by atoms with Gasteiger partial charge in [-0.1, -0.05) is 13.8 Å². The van der Waals surface area contributed by atoms with Crippen LogP contribution in [0.5, 0.6) is 0 Å². The van der Waals surface area contributed by atoms with Crippen LogP contribution in [-0.2, 0) is 16.1 Å². The van der Waals surface area contributed by atoms with E-state index in [-0.39, 0.29) is 12.5 Å². The molecule has 1 unspecified atom stereocenters. The molecule has 1 heterocycles. The monoisotopic (exact) mass is 213 g/mol. The zero-order chi connectivity index (χ0) is 11.4. The first kappa shape index (κ1) is 11.6. The topological polar surface area (TPSA) is 77.2 Å². The Bertz CT molecular complexity index is 335. The summed E-state index contributed by atoms with van der Waals surface area (Å²) >= 11 is 0. The van der Waals surface area contributed by atoms with Gasteiger partial charge in [0.15, 0.2) is 5.82 Å². The Hall–Kier alpha value is -1.43. The normalized spacial score (nSPS) is 13.1. The first-order valence-electron chi connectivity index (χ1n) is 4.68. The fraction of sp³-hybridized carbons (Fsp3) is 0.667. The number of carboxylic acid groups (broad SMARTS) is 1. The smallest absolute Gasteiger partial charge is 0.327 e. The number of carboxylic acids is 1. The third-order valence-electron chi connectivity index (χ3n) is 2.10. The predicted molar refractivity (Wildman–Crippen MR) is 52.2 cm³/mol. The molecule has 0 saturated heterocycles. The lowest BCUT2D eigenvalue weighted by molar-refractivity contribution is -0.142. The van der Waals surface area contributed by atoms with Crippen LogP contribution in [0.25, 0.3) is 0 Å². The Balaban J connectivity index is 3.00. The lowest BCUT2D eigenvalue weighted by Gasteiger charge is -2.18. The van der Waals surface area contributed by atoms with Gasteiger partial charge in [0.1, 0.15) is 19.0 Å². The summed E-state index contributed by atoms with van der Waals surface area (Å²) in [5.74, 6) is -0.394. The van der Waals surface area contributed by atoms with Crippen LogP contribution < -0.4 is 0 Å². The van der Waals surface area contributed by atoms with Crippen LogP contribution in [0, 0.1) is 5.92 Å². The number of ether oxygens (including phenoxy) is 1. The first-order valence-corrected chi connectivity index (χ1v) is 4.68. The van der Waals surface area contributed by atoms with Crippen molar-refractivity contribution in [2.24, 2.45) is 5.92 Å². The van der Waals surface area contributed by atoms with E-state index in [1.54, 1.807) is 0 Å². The summed E-state index contributed by atoms with van der Waals surface area (Å²) in [4.78, 5) is 11.1. The highest BCUT2D eigenvalue weighted by Crippen LogP contribution is 2.19. The van der Waals surface area contributed by atoms with Gasteiger partial charge in [0.25, 0.3) is 0 Å². The van der Waals surface area contributed by atoms with Gasteiger partial charge in [-0.15, -0.1) is 10.2 Å². The second kappa shape index (κ2) is 4.88. The highest BCUT2D eigenvalue weighted by molar-refractivity contribution is 5.72. The SMILES string of the molecule is COCc1nncn1C(C(=O)O)C(C)C. The van der Waals surface area contributed by atoms with Crippen LogP contribution in [-0.4, -0.2) is 33.0 Å². The van der Waals surface area contributed by atoms with E-state index >= 15 is 0 Å². The fourth-order valence-corrected chi connectivity index (χ4v) is 1.46. The van der Waals surface area contributed by atoms with E-state index in [1.165, 1.54) is 18.0 Å². The Kier molecular flexibility index (Phi) is 3.79. The Labute approximate surface area is 87.9 Å². The summed E-state index contributed by atoms with van der Waals surface area (Å²) in [5.41, 5.74) is 0. The van der Waals surface area contributed by atoms with E-state index in [1.807, 2.05) is 13.8 Å². The van der Waals surface area contributed by atoms with Crippen molar-refractivity contribution in [2.75, 3.05) is 7.11 Å². The van der Waals surface area contributed by atoms with Crippen molar-refractivity contribution < 1.29 is 14.6 Å². The molecule has 0 aliphatic heterocycles. The van der Waals surface area contributed by atoms with E-state index in [0.717, 1.165) is 0 Å². The Morgan fingerprint density at radius 2 is 2.33 bits per heavy atom. The number of aromatic nitrogens is 3. The molecular weight excluding hydrogens is 198 g/mol. The largest absolute Gasteiger partial charge is 0.480 e. The molecule has 0 radical (unpaired) electrons. The van der Waals surface area contributed by atoms with Crippen LogP contribution in [0.4, 0.5) is 0 Å². The molecule has 0 amide bonds. The molecule has 0 aromatic carbocycles. The van der Waals surface area contributed by atoms with Gasteiger partial charge in [0.05, 0.1) is 0 Å². The van der Waals surface area contributed by atoms with Crippen LogP contribution in [0.2, 0.25) is 0 Å². The molecule has 1 aromatic heterocycles. The van der Waals surface area contributed by atoms with Gasteiger partial charge < -0.3 is 14.4 Å². The summed E-state index contributed by atoms with van der Waals surface area (Å²) in [5, 5.41) is 16.6. The van der Waals surface area contributed by atoms with Crippen molar-refractivity contribution >= 4 is 5.97 Å². The van der Waals surface area contributed by atoms with E-state index < -0.39 is 12.0 Å². The molecule has 0 fully saturated rings. The van der Waals surface area contributed by atoms with Crippen LogP contribution in [0.1, 0.15) is 25.7 Å². The fourth-order valence-electron chi connectivity index (χ4n) is 1.46. The average molecular weight is 213 g/mol. The van der Waals surface area contributed by atoms with E-state index in [9.17, 15) is 4.79 Å². The minimum absolute atomic E-state index is 0.0332. The summed E-state index contributed by atoms with van der Waals surface area (Å²) in [6.45, 7) is 3.95. The molecule has 84 valence electrons. The standard InChI is InChI=1S/C9H15N3O3/c1-6(2)8(9(13)14)12-5-10-11-7(12)4-15-3/h5-6,8H,4H2,1-3H3,(H,13,14). The maximum absolute atomic E-state index is 11.1. The molecule has 6 heteroatoms. The zero-order valence-electron chi connectivity index (χ0n) is 9.04. The van der Waals surface area contributed by atoms with Crippen LogP contribution in [0.3, 0.4) is 0 Å². The second-order valence-corrected chi connectivity index (χ2v) is 3.61. The zero-order valence-corrected chi connectivity index (χ0v) is 9.04. The van der Waals surface area contributed by atoms with Crippen molar-refractivity contribution in [1.29, 1.82) is 0 Å². The maximum atomic E-state index is 11.1. The average Bonchev–Trinajstić information content (AvgIpc) is 2.53. The number of hydrogen-bond acceptors (Lipinski definition) is 4. The summed E-state index contributed by atoms with van der Waals surface area (Å²) in [6, 6.07) is -0.648. The van der Waals surface area contributed by atoms with Gasteiger partial charge >= 0.3 is 5.97 Å². The molecule has 1 N–H and O–H groups in total. The number of carbonyl (C=O) groups is 1. The minimum Gasteiger partial charge on any atom is -0.480 e. The molecule has 0 aliphatic rings. The molecule has 1 aromatic rings. The maximum Gasteiger partial charge on any atom is 0.327 e. The van der Waals surface area contributed by atoms with Gasteiger partial charge in [-0.2, -0.15) is 0 Å². The number of methoxy groups -OCH3 is 1. The van der Waals surface area contributed by atoms with Gasteiger partial charge in [-0.3, -0.25) is 0 Å². The van der Waals surface area contributed by atoms with E-state index in [4.69, 9.17) is 9.84 Å². The van der Waals surface area contributed by atoms with E-state index in [2.05, 4.69) is 10.2 Å². The van der Waals surface area contributed by atoms with Gasteiger partial charge in [0.2, 0.25) is 0 Å². The molecular formula is C9H15N3O3. The van der Waals surface area contributed by atoms with Crippen LogP contribution >= 0.6 is 0 Å². The predicted octanol–water partition coefficient (Wildman–Crippen LogP) is 0.706. The number of nitrogens with zero attached hydrogens (tertiary/aromatic N) is 3. The second-order valence-electron chi connectivity index (χ2n) is 3.61. The number of rotatable bonds is 5. The minimum atomic E-state index is -0.887. The van der Waals surface area contributed by atoms with Crippen molar-refractivity contribution in [3.63, 3.8) is 0 Å². The first-order chi connectivity index (χ1) is 7.07. The molecule has 1 rings (SSSR count). The van der Waals surface area contributed by atoms with Gasteiger partial charge in [-0.25, -0.2) is 4.79 Å². The van der Waals surface area contributed by atoms with Crippen molar-refractivity contribution in [1.82, 2.24) is 14.8 Å². The lowest BCUT2D eigenvalue weighted by atomic mass is 10.0. The molecule has 0 spiro atoms. The van der Waals surface area contributed by atoms with Crippen molar-refractivity contribution in [2.45, 2.75) is 26.5 Å². The Morgan fingerprint density at radius 3 is 2.80 bits per heavy atom. The van der Waals surface area contributed by atoms with Gasteiger partial charge in [-0.05, 0) is 5.92 Å². The summed E-state index contributed by atoms with van der Waals surface area (Å²) in [7, 11) is 1.53. The van der Waals surface area contributed by atoms with Crippen molar-refractivity contribution in [3.8, 4) is 0 Å². The molecule has 1 atom stereocenters. The number of hydrogen-bond donors (Lipinski definition) is 1. The van der Waals surface area contributed by atoms with E-state index in [0.29, 0.717) is 5.82 Å². The van der Waals surface area contributed by atoms with Gasteiger partial charge in [0, 0.05) is 7.11 Å². The lowest BCUT2D eigenvalue weighted by Crippen LogP contribution is -2.25. The van der Waals surface area contributed by atoms with Crippen LogP contribution in [0.15, 0.2) is 6.33 Å². The Morgan fingerprint density at radius 1 is 1.67 bits per heavy atom. The third-order valence-corrected chi connectivity index (χ3v) is 2.10. The highest BCUT2D eigenvalue weighted by atomic mass is 16.5. The molecule has 0 saturated carbocycles. The summed E-state index contributed by atoms with van der Waals surface area (Å²) in [6.07, 6.45) is 1.42. The summed E-state index contributed by atoms with van der Waals surface area (Å²) < 4.78 is 6.46. The molecule has 6 nitrogen and oxygen atoms in total. The highest BCUT2D eigenvalue weighted by Gasteiger charge is 2.25. The molecule has 0 aliphatic carbocycles. The quantitative estimate of drug-likeness (QED) is 0.779. The molecule has 15 heavy (non-hydrogen) atoms. The van der Waals surface area contributed by atoms with Crippen molar-refractivity contribution in [3.05, 3.63) is 12.2 Å².